The van der Waals surface area contributed by atoms with Gasteiger partial charge in [0.1, 0.15) is 5.76 Å². The normalized spacial score (nSPS) is 13.1. The van der Waals surface area contributed by atoms with Gasteiger partial charge in [0.25, 0.3) is 0 Å². The van der Waals surface area contributed by atoms with Crippen LogP contribution in [0, 0.1) is 19.7 Å². The molecule has 19 heavy (non-hydrogen) atoms. The number of hydrogen-bond acceptors (Lipinski definition) is 3. The van der Waals surface area contributed by atoms with Crippen molar-refractivity contribution < 1.29 is 8.81 Å². The lowest BCUT2D eigenvalue weighted by Gasteiger charge is -2.04. The molecule has 0 amide bonds. The van der Waals surface area contributed by atoms with Crippen LogP contribution in [0.2, 0.25) is 0 Å². The Hall–Kier alpha value is -1.65. The Morgan fingerprint density at radius 1 is 1.26 bits per heavy atom. The fourth-order valence-corrected chi connectivity index (χ4v) is 3.15. The highest BCUT2D eigenvalue weighted by Crippen LogP contribution is 2.32. The Kier molecular flexibility index (Phi) is 2.92. The van der Waals surface area contributed by atoms with Gasteiger partial charge in [0.15, 0.2) is 11.4 Å². The van der Waals surface area contributed by atoms with E-state index < -0.39 is 0 Å². The predicted molar refractivity (Wildman–Crippen MR) is 76.0 cm³/mol. The van der Waals surface area contributed by atoms with E-state index in [1.807, 2.05) is 12.1 Å². The number of aryl methyl sites for hydroxylation is 2. The number of hydrogen-bond donors (Lipinski definition) is 1. The summed E-state index contributed by atoms with van der Waals surface area (Å²) in [6, 6.07) is 8.41. The van der Waals surface area contributed by atoms with Gasteiger partial charge in [-0.05, 0) is 37.6 Å². The average molecular weight is 275 g/mol. The van der Waals surface area contributed by atoms with Crippen LogP contribution in [-0.4, -0.2) is 0 Å². The van der Waals surface area contributed by atoms with Gasteiger partial charge in [0, 0.05) is 15.1 Å². The molecule has 98 valence electrons. The van der Waals surface area contributed by atoms with Gasteiger partial charge in [-0.25, -0.2) is 4.39 Å². The maximum Gasteiger partial charge on any atom is 0.169 e. The molecule has 0 fully saturated rings. The molecule has 2 N–H and O–H groups in total. The summed E-state index contributed by atoms with van der Waals surface area (Å²) in [7, 11) is 0. The van der Waals surface area contributed by atoms with Crippen LogP contribution in [0.1, 0.15) is 27.1 Å². The van der Waals surface area contributed by atoms with Crippen molar-refractivity contribution in [3.63, 3.8) is 0 Å². The van der Waals surface area contributed by atoms with Gasteiger partial charge in [-0.3, -0.25) is 0 Å². The molecule has 0 radical (unpaired) electrons. The molecule has 2 heterocycles. The Labute approximate surface area is 114 Å². The smallest absolute Gasteiger partial charge is 0.169 e. The van der Waals surface area contributed by atoms with Crippen LogP contribution in [-0.2, 0) is 0 Å². The van der Waals surface area contributed by atoms with Crippen LogP contribution in [0.5, 0.6) is 0 Å². The second-order valence-electron chi connectivity index (χ2n) is 4.67. The summed E-state index contributed by atoms with van der Waals surface area (Å²) >= 11 is 1.65. The molecule has 0 aliphatic heterocycles. The van der Waals surface area contributed by atoms with Gasteiger partial charge in [-0.2, -0.15) is 0 Å². The quantitative estimate of drug-likeness (QED) is 0.757. The molecule has 3 aromatic rings. The van der Waals surface area contributed by atoms with E-state index in [1.165, 1.54) is 16.5 Å². The van der Waals surface area contributed by atoms with Gasteiger partial charge in [0.05, 0.1) is 6.04 Å². The number of para-hydroxylation sites is 1. The molecule has 0 bridgehead atoms. The van der Waals surface area contributed by atoms with E-state index in [0.717, 1.165) is 10.3 Å². The van der Waals surface area contributed by atoms with Crippen LogP contribution in [0.25, 0.3) is 11.0 Å². The maximum absolute atomic E-state index is 13.6. The summed E-state index contributed by atoms with van der Waals surface area (Å²) < 4.78 is 19.2. The van der Waals surface area contributed by atoms with E-state index in [9.17, 15) is 4.39 Å². The first-order chi connectivity index (χ1) is 9.06. The van der Waals surface area contributed by atoms with Gasteiger partial charge in [0.2, 0.25) is 0 Å². The summed E-state index contributed by atoms with van der Waals surface area (Å²) in [6.45, 7) is 4.12. The van der Waals surface area contributed by atoms with E-state index in [1.54, 1.807) is 17.4 Å². The fourth-order valence-electron chi connectivity index (χ4n) is 2.10. The summed E-state index contributed by atoms with van der Waals surface area (Å²) in [5, 5.41) is 0.746. The van der Waals surface area contributed by atoms with Crippen molar-refractivity contribution in [2.24, 2.45) is 5.73 Å². The number of thiophene rings is 1. The highest BCUT2D eigenvalue weighted by molar-refractivity contribution is 7.12. The molecule has 3 rings (SSSR count). The van der Waals surface area contributed by atoms with Crippen molar-refractivity contribution >= 4 is 22.3 Å². The zero-order valence-corrected chi connectivity index (χ0v) is 11.6. The first-order valence-corrected chi connectivity index (χ1v) is 6.88. The molecule has 0 aliphatic rings. The molecule has 2 nitrogen and oxygen atoms in total. The van der Waals surface area contributed by atoms with E-state index >= 15 is 0 Å². The van der Waals surface area contributed by atoms with E-state index in [4.69, 9.17) is 10.2 Å². The number of rotatable bonds is 2. The van der Waals surface area contributed by atoms with Crippen molar-refractivity contribution in [1.82, 2.24) is 0 Å². The van der Waals surface area contributed by atoms with Crippen LogP contribution in [0.15, 0.2) is 34.7 Å². The van der Waals surface area contributed by atoms with Gasteiger partial charge < -0.3 is 10.2 Å². The Bertz CT molecular complexity index is 724. The van der Waals surface area contributed by atoms with Gasteiger partial charge in [-0.1, -0.05) is 12.1 Å². The molecule has 0 saturated carbocycles. The third kappa shape index (κ3) is 2.07. The lowest BCUT2D eigenvalue weighted by molar-refractivity contribution is 0.504. The molecule has 1 atom stereocenters. The SMILES string of the molecule is Cc1cc(C(N)c2cc3cccc(F)c3o2)sc1C. The van der Waals surface area contributed by atoms with Gasteiger partial charge in [-0.15, -0.1) is 11.3 Å². The number of furan rings is 1. The summed E-state index contributed by atoms with van der Waals surface area (Å²) in [5.74, 6) is 0.246. The molecule has 0 spiro atoms. The maximum atomic E-state index is 13.6. The number of benzene rings is 1. The Balaban J connectivity index is 2.06. The minimum atomic E-state index is -0.352. The summed E-state index contributed by atoms with van der Waals surface area (Å²) in [5.41, 5.74) is 7.70. The van der Waals surface area contributed by atoms with Crippen LogP contribution < -0.4 is 5.73 Å². The van der Waals surface area contributed by atoms with Gasteiger partial charge >= 0.3 is 0 Å². The zero-order chi connectivity index (χ0) is 13.6. The number of fused-ring (bicyclic) bond motifs is 1. The topological polar surface area (TPSA) is 39.2 Å². The Morgan fingerprint density at radius 3 is 2.68 bits per heavy atom. The fraction of sp³-hybridized carbons (Fsp3) is 0.200. The first-order valence-electron chi connectivity index (χ1n) is 6.06. The Morgan fingerprint density at radius 2 is 2.05 bits per heavy atom. The molecule has 1 aromatic carbocycles. The van der Waals surface area contributed by atoms with Crippen LogP contribution in [0.4, 0.5) is 4.39 Å². The van der Waals surface area contributed by atoms with Crippen LogP contribution >= 0.6 is 11.3 Å². The first kappa shape index (κ1) is 12.4. The van der Waals surface area contributed by atoms with E-state index in [2.05, 4.69) is 19.9 Å². The number of nitrogens with two attached hydrogens (primary N) is 1. The monoisotopic (exact) mass is 275 g/mol. The highest BCUT2D eigenvalue weighted by atomic mass is 32.1. The summed E-state index contributed by atoms with van der Waals surface area (Å²) in [4.78, 5) is 2.28. The summed E-state index contributed by atoms with van der Waals surface area (Å²) in [6.07, 6.45) is 0. The van der Waals surface area contributed by atoms with Crippen LogP contribution in [0.3, 0.4) is 0 Å². The minimum Gasteiger partial charge on any atom is -0.456 e. The van der Waals surface area contributed by atoms with Crippen molar-refractivity contribution in [1.29, 1.82) is 0 Å². The average Bonchev–Trinajstić information content (AvgIpc) is 2.94. The molecule has 4 heteroatoms. The zero-order valence-electron chi connectivity index (χ0n) is 10.7. The largest absolute Gasteiger partial charge is 0.456 e. The van der Waals surface area contributed by atoms with Crippen molar-refractivity contribution in [3.8, 4) is 0 Å². The lowest BCUT2D eigenvalue weighted by atomic mass is 10.1. The highest BCUT2D eigenvalue weighted by Gasteiger charge is 2.18. The van der Waals surface area contributed by atoms with Crippen molar-refractivity contribution in [2.75, 3.05) is 0 Å². The lowest BCUT2D eigenvalue weighted by Crippen LogP contribution is -2.08. The third-order valence-electron chi connectivity index (χ3n) is 3.31. The van der Waals surface area contributed by atoms with Crippen molar-refractivity contribution in [3.05, 3.63) is 57.2 Å². The molecular weight excluding hydrogens is 261 g/mol. The molecule has 0 saturated heterocycles. The third-order valence-corrected chi connectivity index (χ3v) is 4.55. The standard InChI is InChI=1S/C15H14FNOS/c1-8-6-13(19-9(8)2)14(17)12-7-10-4-3-5-11(16)15(10)18-12/h3-7,14H,17H2,1-2H3. The number of halogens is 1. The molecular formula is C15H14FNOS. The van der Waals surface area contributed by atoms with E-state index in [-0.39, 0.29) is 17.4 Å². The second-order valence-corrected chi connectivity index (χ2v) is 5.96. The molecule has 1 unspecified atom stereocenters. The predicted octanol–water partition coefficient (Wildman–Crippen LogP) is 4.30. The second kappa shape index (κ2) is 4.47. The minimum absolute atomic E-state index is 0.276. The van der Waals surface area contributed by atoms with E-state index in [0.29, 0.717) is 5.76 Å². The molecule has 2 aromatic heterocycles. The molecule has 0 aliphatic carbocycles. The van der Waals surface area contributed by atoms with Crippen molar-refractivity contribution in [2.45, 2.75) is 19.9 Å².